The number of benzene rings is 2. The molecule has 0 saturated carbocycles. The largest absolute Gasteiger partial charge is 0.494 e. The predicted molar refractivity (Wildman–Crippen MR) is 106 cm³/mol. The molecule has 0 aliphatic rings. The van der Waals surface area contributed by atoms with Crippen LogP contribution in [0.1, 0.15) is 36.5 Å². The highest BCUT2D eigenvalue weighted by Crippen LogP contribution is 2.20. The van der Waals surface area contributed by atoms with E-state index in [1.54, 1.807) is 0 Å². The van der Waals surface area contributed by atoms with Gasteiger partial charge in [-0.25, -0.2) is 0 Å². The van der Waals surface area contributed by atoms with E-state index in [2.05, 4.69) is 5.32 Å². The van der Waals surface area contributed by atoms with Crippen molar-refractivity contribution in [1.82, 2.24) is 0 Å². The SMILES string of the molecule is CCc1cccc(C)c1NC(=O)COC(=O)CCCOc1ccc(C)cc1. The van der Waals surface area contributed by atoms with E-state index in [1.165, 1.54) is 5.56 Å². The van der Waals surface area contributed by atoms with Gasteiger partial charge in [0.2, 0.25) is 0 Å². The van der Waals surface area contributed by atoms with Crippen LogP contribution in [0.15, 0.2) is 42.5 Å². The number of aryl methyl sites for hydroxylation is 3. The fraction of sp³-hybridized carbons (Fsp3) is 0.364. The Hall–Kier alpha value is -2.82. The lowest BCUT2D eigenvalue weighted by Crippen LogP contribution is -2.22. The summed E-state index contributed by atoms with van der Waals surface area (Å²) < 4.78 is 10.6. The molecule has 0 bridgehead atoms. The first kappa shape index (κ1) is 20.5. The van der Waals surface area contributed by atoms with Crippen molar-refractivity contribution in [2.75, 3.05) is 18.5 Å². The number of hydrogen-bond acceptors (Lipinski definition) is 4. The van der Waals surface area contributed by atoms with Crippen molar-refractivity contribution < 1.29 is 19.1 Å². The van der Waals surface area contributed by atoms with Gasteiger partial charge in [0.1, 0.15) is 5.75 Å². The molecule has 1 amide bonds. The second-order valence-corrected chi connectivity index (χ2v) is 6.44. The van der Waals surface area contributed by atoms with Crippen molar-refractivity contribution in [2.45, 2.75) is 40.0 Å². The van der Waals surface area contributed by atoms with Crippen molar-refractivity contribution >= 4 is 17.6 Å². The number of esters is 1. The zero-order chi connectivity index (χ0) is 19.6. The van der Waals surface area contributed by atoms with E-state index >= 15 is 0 Å². The topological polar surface area (TPSA) is 64.6 Å². The standard InChI is InChI=1S/C22H27NO4/c1-4-18-8-5-7-17(3)22(18)23-20(24)15-27-21(25)9-6-14-26-19-12-10-16(2)11-13-19/h5,7-8,10-13H,4,6,9,14-15H2,1-3H3,(H,23,24). The molecule has 0 aliphatic carbocycles. The molecule has 0 aliphatic heterocycles. The molecule has 27 heavy (non-hydrogen) atoms. The van der Waals surface area contributed by atoms with E-state index in [4.69, 9.17) is 9.47 Å². The predicted octanol–water partition coefficient (Wildman–Crippen LogP) is 4.21. The maximum Gasteiger partial charge on any atom is 0.306 e. The summed E-state index contributed by atoms with van der Waals surface area (Å²) in [7, 11) is 0. The van der Waals surface area contributed by atoms with Crippen LogP contribution in [0.25, 0.3) is 0 Å². The van der Waals surface area contributed by atoms with Crippen molar-refractivity contribution in [2.24, 2.45) is 0 Å². The summed E-state index contributed by atoms with van der Waals surface area (Å²) >= 11 is 0. The third kappa shape index (κ3) is 6.77. The van der Waals surface area contributed by atoms with Gasteiger partial charge in [-0.2, -0.15) is 0 Å². The minimum atomic E-state index is -0.404. The second kappa shape index (κ2) is 10.4. The van der Waals surface area contributed by atoms with Gasteiger partial charge in [0, 0.05) is 12.1 Å². The van der Waals surface area contributed by atoms with Crippen LogP contribution in [0, 0.1) is 13.8 Å². The highest BCUT2D eigenvalue weighted by Gasteiger charge is 2.11. The number of rotatable bonds is 9. The Morgan fingerprint density at radius 3 is 2.48 bits per heavy atom. The number of para-hydroxylation sites is 1. The molecular formula is C22H27NO4. The zero-order valence-electron chi connectivity index (χ0n) is 16.2. The highest BCUT2D eigenvalue weighted by molar-refractivity contribution is 5.94. The Kier molecular flexibility index (Phi) is 7.86. The molecule has 0 atom stereocenters. The molecule has 0 heterocycles. The van der Waals surface area contributed by atoms with Crippen LogP contribution in [0.3, 0.4) is 0 Å². The lowest BCUT2D eigenvalue weighted by Gasteiger charge is -2.13. The summed E-state index contributed by atoms with van der Waals surface area (Å²) in [5.74, 6) is 0.0414. The first-order valence-corrected chi connectivity index (χ1v) is 9.23. The van der Waals surface area contributed by atoms with Crippen LogP contribution in [-0.4, -0.2) is 25.1 Å². The molecule has 0 spiro atoms. The van der Waals surface area contributed by atoms with Gasteiger partial charge in [-0.1, -0.05) is 42.8 Å². The van der Waals surface area contributed by atoms with Crippen LogP contribution in [-0.2, 0) is 20.7 Å². The molecule has 0 aromatic heterocycles. The number of hydrogen-bond donors (Lipinski definition) is 1. The lowest BCUT2D eigenvalue weighted by atomic mass is 10.1. The maximum absolute atomic E-state index is 12.1. The fourth-order valence-corrected chi connectivity index (χ4v) is 2.64. The Balaban J connectivity index is 1.68. The number of carbonyl (C=O) groups excluding carboxylic acids is 2. The van der Waals surface area contributed by atoms with Gasteiger partial charge in [-0.3, -0.25) is 9.59 Å². The van der Waals surface area contributed by atoms with E-state index < -0.39 is 5.97 Å². The summed E-state index contributed by atoms with van der Waals surface area (Å²) in [4.78, 5) is 23.9. The summed E-state index contributed by atoms with van der Waals surface area (Å²) in [5.41, 5.74) is 4.01. The number of amides is 1. The number of ether oxygens (including phenoxy) is 2. The molecular weight excluding hydrogens is 342 g/mol. The van der Waals surface area contributed by atoms with Gasteiger partial charge in [-0.15, -0.1) is 0 Å². The van der Waals surface area contributed by atoms with Crippen LogP contribution in [0.2, 0.25) is 0 Å². The summed E-state index contributed by atoms with van der Waals surface area (Å²) in [6.07, 6.45) is 1.56. The van der Waals surface area contributed by atoms with E-state index in [9.17, 15) is 9.59 Å². The minimum Gasteiger partial charge on any atom is -0.494 e. The quantitative estimate of drug-likeness (QED) is 0.531. The average Bonchev–Trinajstić information content (AvgIpc) is 2.66. The van der Waals surface area contributed by atoms with Gasteiger partial charge in [0.15, 0.2) is 6.61 Å². The third-order valence-corrected chi connectivity index (χ3v) is 4.18. The van der Waals surface area contributed by atoms with Gasteiger partial charge in [0.25, 0.3) is 5.91 Å². The van der Waals surface area contributed by atoms with Crippen LogP contribution in [0.5, 0.6) is 5.75 Å². The molecule has 1 N–H and O–H groups in total. The lowest BCUT2D eigenvalue weighted by molar-refractivity contribution is -0.147. The first-order valence-electron chi connectivity index (χ1n) is 9.23. The smallest absolute Gasteiger partial charge is 0.306 e. The molecule has 0 radical (unpaired) electrons. The van der Waals surface area contributed by atoms with E-state index in [-0.39, 0.29) is 18.9 Å². The monoisotopic (exact) mass is 369 g/mol. The van der Waals surface area contributed by atoms with Crippen molar-refractivity contribution in [3.05, 3.63) is 59.2 Å². The van der Waals surface area contributed by atoms with Crippen LogP contribution in [0.4, 0.5) is 5.69 Å². The van der Waals surface area contributed by atoms with E-state index in [0.29, 0.717) is 13.0 Å². The van der Waals surface area contributed by atoms with Crippen LogP contribution < -0.4 is 10.1 Å². The normalized spacial score (nSPS) is 10.3. The van der Waals surface area contributed by atoms with Crippen molar-refractivity contribution in [1.29, 1.82) is 0 Å². The number of carbonyl (C=O) groups is 2. The molecule has 0 saturated heterocycles. The van der Waals surface area contributed by atoms with Crippen molar-refractivity contribution in [3.8, 4) is 5.75 Å². The molecule has 144 valence electrons. The third-order valence-electron chi connectivity index (χ3n) is 4.18. The molecule has 2 aromatic carbocycles. The first-order chi connectivity index (χ1) is 13.0. The number of nitrogens with one attached hydrogen (secondary N) is 1. The highest BCUT2D eigenvalue weighted by atomic mass is 16.5. The van der Waals surface area contributed by atoms with E-state index in [0.717, 1.165) is 29.0 Å². The second-order valence-electron chi connectivity index (χ2n) is 6.44. The molecule has 0 unspecified atom stereocenters. The average molecular weight is 369 g/mol. The summed E-state index contributed by atoms with van der Waals surface area (Å²) in [5, 5.41) is 2.84. The minimum absolute atomic E-state index is 0.212. The van der Waals surface area contributed by atoms with Crippen molar-refractivity contribution in [3.63, 3.8) is 0 Å². The molecule has 5 heteroatoms. The molecule has 0 fully saturated rings. The summed E-state index contributed by atoms with van der Waals surface area (Å²) in [6.45, 7) is 6.12. The fourth-order valence-electron chi connectivity index (χ4n) is 2.64. The Labute approximate surface area is 160 Å². The number of anilines is 1. The maximum atomic E-state index is 12.1. The van der Waals surface area contributed by atoms with Gasteiger partial charge >= 0.3 is 5.97 Å². The van der Waals surface area contributed by atoms with Gasteiger partial charge in [0.05, 0.1) is 6.61 Å². The van der Waals surface area contributed by atoms with Gasteiger partial charge in [-0.05, 0) is 49.9 Å². The molecule has 5 nitrogen and oxygen atoms in total. The Bertz CT molecular complexity index is 768. The zero-order valence-corrected chi connectivity index (χ0v) is 16.2. The summed E-state index contributed by atoms with van der Waals surface area (Å²) in [6, 6.07) is 13.6. The molecule has 2 aromatic rings. The van der Waals surface area contributed by atoms with Gasteiger partial charge < -0.3 is 14.8 Å². The molecule has 2 rings (SSSR count). The Morgan fingerprint density at radius 1 is 1.04 bits per heavy atom. The van der Waals surface area contributed by atoms with Crippen LogP contribution >= 0.6 is 0 Å². The Morgan fingerprint density at radius 2 is 1.78 bits per heavy atom. The van der Waals surface area contributed by atoms with E-state index in [1.807, 2.05) is 63.2 Å².